The zero-order valence-corrected chi connectivity index (χ0v) is 30.6. The van der Waals surface area contributed by atoms with Gasteiger partial charge in [-0.15, -0.1) is 0 Å². The van der Waals surface area contributed by atoms with Gasteiger partial charge in [0.1, 0.15) is 0 Å². The van der Waals surface area contributed by atoms with Gasteiger partial charge in [-0.05, 0) is 109 Å². The normalized spacial score (nSPS) is 11.5. The van der Waals surface area contributed by atoms with E-state index in [0.29, 0.717) is 5.56 Å². The van der Waals surface area contributed by atoms with Crippen molar-refractivity contribution in [2.24, 2.45) is 0 Å². The number of nitrogens with zero attached hydrogens (tertiary/aromatic N) is 3. The zero-order chi connectivity index (χ0) is 37.0. The summed E-state index contributed by atoms with van der Waals surface area (Å²) in [6.45, 7) is 4.17. The van der Waals surface area contributed by atoms with E-state index in [1.54, 1.807) is 0 Å². The summed E-state index contributed by atoms with van der Waals surface area (Å²) >= 11 is 0. The van der Waals surface area contributed by atoms with Crippen LogP contribution in [0.25, 0.3) is 66.1 Å². The molecule has 0 aliphatic carbocycles. The van der Waals surface area contributed by atoms with E-state index in [9.17, 15) is 4.79 Å². The lowest BCUT2D eigenvalue weighted by molar-refractivity contribution is 0.0999. The van der Waals surface area contributed by atoms with E-state index >= 15 is 0 Å². The topological polar surface area (TPSA) is 30.2 Å². The fourth-order valence-corrected chi connectivity index (χ4v) is 8.34. The Hall–Kier alpha value is -7.17. The molecule has 0 unspecified atom stereocenters. The highest BCUT2D eigenvalue weighted by molar-refractivity contribution is 6.26. The van der Waals surface area contributed by atoms with Crippen LogP contribution in [0.15, 0.2) is 188 Å². The number of hydrogen-bond donors (Lipinski definition) is 0. The predicted molar refractivity (Wildman–Crippen MR) is 229 cm³/mol. The van der Waals surface area contributed by atoms with Crippen molar-refractivity contribution in [2.45, 2.75) is 13.8 Å². The van der Waals surface area contributed by atoms with E-state index in [4.69, 9.17) is 0 Å². The smallest absolute Gasteiger partial charge is 0.262 e. The Balaban J connectivity index is 1.17. The molecule has 2 aromatic heterocycles. The van der Waals surface area contributed by atoms with Crippen molar-refractivity contribution in [1.82, 2.24) is 9.13 Å². The molecule has 10 rings (SSSR count). The monoisotopic (exact) mass is 707 g/mol. The van der Waals surface area contributed by atoms with Gasteiger partial charge in [-0.1, -0.05) is 115 Å². The van der Waals surface area contributed by atoms with Crippen LogP contribution in [0.2, 0.25) is 0 Å². The number of amides is 1. The van der Waals surface area contributed by atoms with Crippen LogP contribution in [-0.2, 0) is 0 Å². The van der Waals surface area contributed by atoms with E-state index in [1.807, 2.05) is 78.6 Å². The first-order chi connectivity index (χ1) is 27.0. The second-order valence-electron chi connectivity index (χ2n) is 14.3. The van der Waals surface area contributed by atoms with Crippen molar-refractivity contribution >= 4 is 60.9 Å². The highest BCUT2D eigenvalue weighted by Crippen LogP contribution is 2.42. The average molecular weight is 708 g/mol. The number of fused-ring (bicyclic) bond motifs is 7. The molecule has 0 N–H and O–H groups in total. The molecule has 2 heterocycles. The Kier molecular flexibility index (Phi) is 7.70. The number of aromatic nitrogens is 2. The number of aryl methyl sites for hydroxylation is 2. The fraction of sp³-hybridized carbons (Fsp3) is 0.0392. The first-order valence-electron chi connectivity index (χ1n) is 18.7. The molecule has 0 saturated heterocycles. The molecule has 0 saturated carbocycles. The minimum Gasteiger partial charge on any atom is -0.309 e. The Labute approximate surface area is 319 Å². The summed E-state index contributed by atoms with van der Waals surface area (Å²) in [5.74, 6) is -0.0695. The molecule has 55 heavy (non-hydrogen) atoms. The zero-order valence-electron chi connectivity index (χ0n) is 30.6. The molecule has 0 aliphatic rings. The number of carbonyl (C=O) groups is 1. The molecule has 0 atom stereocenters. The third-order valence-corrected chi connectivity index (χ3v) is 10.8. The Bertz CT molecular complexity index is 3100. The second kappa shape index (κ2) is 13.0. The molecule has 4 nitrogen and oxygen atoms in total. The minimum atomic E-state index is -0.0695. The first kappa shape index (κ1) is 32.5. The first-order valence-corrected chi connectivity index (χ1v) is 18.7. The molecule has 262 valence electrons. The van der Waals surface area contributed by atoms with Gasteiger partial charge >= 0.3 is 0 Å². The molecular formula is C51H37N3O. The molecule has 0 aliphatic heterocycles. The average Bonchev–Trinajstić information content (AvgIpc) is 3.74. The molecular weight excluding hydrogens is 671 g/mol. The van der Waals surface area contributed by atoms with Crippen molar-refractivity contribution in [2.75, 3.05) is 4.90 Å². The number of hydrogen-bond acceptors (Lipinski definition) is 1. The summed E-state index contributed by atoms with van der Waals surface area (Å²) in [6.07, 6.45) is 0. The van der Waals surface area contributed by atoms with Gasteiger partial charge in [0.25, 0.3) is 5.91 Å². The van der Waals surface area contributed by atoms with Crippen molar-refractivity contribution in [3.05, 3.63) is 205 Å². The number of para-hydroxylation sites is 3. The number of rotatable bonds is 6. The molecule has 0 spiro atoms. The van der Waals surface area contributed by atoms with E-state index in [1.165, 1.54) is 43.7 Å². The van der Waals surface area contributed by atoms with Crippen LogP contribution in [0.1, 0.15) is 21.5 Å². The highest BCUT2D eigenvalue weighted by Gasteiger charge is 2.23. The second-order valence-corrected chi connectivity index (χ2v) is 14.3. The van der Waals surface area contributed by atoms with Crippen LogP contribution < -0.4 is 4.90 Å². The fourth-order valence-electron chi connectivity index (χ4n) is 8.34. The summed E-state index contributed by atoms with van der Waals surface area (Å²) in [4.78, 5) is 16.0. The summed E-state index contributed by atoms with van der Waals surface area (Å²) in [6, 6.07) is 65.6. The van der Waals surface area contributed by atoms with Crippen molar-refractivity contribution in [3.8, 4) is 22.5 Å². The van der Waals surface area contributed by atoms with Crippen LogP contribution in [-0.4, -0.2) is 15.0 Å². The van der Waals surface area contributed by atoms with Gasteiger partial charge in [0.05, 0.1) is 22.1 Å². The molecule has 1 amide bonds. The van der Waals surface area contributed by atoms with Crippen molar-refractivity contribution in [3.63, 3.8) is 0 Å². The Morgan fingerprint density at radius 3 is 1.80 bits per heavy atom. The lowest BCUT2D eigenvalue weighted by Gasteiger charge is -2.24. The molecule has 0 bridgehead atoms. The lowest BCUT2D eigenvalue weighted by atomic mass is 10.0. The van der Waals surface area contributed by atoms with Gasteiger partial charge in [0.15, 0.2) is 0 Å². The van der Waals surface area contributed by atoms with Crippen LogP contribution in [0.4, 0.5) is 11.4 Å². The SMILES string of the molecule is Cc1cccc(C(=O)N(c2ccccc2)c2cccc(-c3cccc(-n4c5ccccc5c5ccc6c(c7ccccc7n6-c6cccc(C)c6)c54)c3)c2)c1. The maximum Gasteiger partial charge on any atom is 0.262 e. The number of carbonyl (C=O) groups excluding carboxylic acids is 1. The van der Waals surface area contributed by atoms with Crippen LogP contribution in [0.5, 0.6) is 0 Å². The summed E-state index contributed by atoms with van der Waals surface area (Å²) in [5.41, 5.74) is 13.6. The summed E-state index contributed by atoms with van der Waals surface area (Å²) in [7, 11) is 0. The molecule has 10 aromatic rings. The standard InChI is InChI=1S/C51H37N3O/c1-34-14-10-18-38(30-34)51(55)52(39-19-4-3-5-20-39)41-22-12-16-36(32-41)37-17-13-23-42(33-37)54-46-26-8-6-24-43(46)44-28-29-48-49(50(44)54)45-25-7-9-27-47(45)53(48)40-21-11-15-35(2)31-40/h3-33H,1-2H3. The number of anilines is 2. The van der Waals surface area contributed by atoms with E-state index in [2.05, 4.69) is 137 Å². The maximum absolute atomic E-state index is 14.2. The Morgan fingerprint density at radius 1 is 0.436 bits per heavy atom. The van der Waals surface area contributed by atoms with Gasteiger partial charge in [0, 0.05) is 49.9 Å². The lowest BCUT2D eigenvalue weighted by Crippen LogP contribution is -2.26. The van der Waals surface area contributed by atoms with Crippen LogP contribution in [0, 0.1) is 13.8 Å². The largest absolute Gasteiger partial charge is 0.309 e. The van der Waals surface area contributed by atoms with Gasteiger partial charge in [-0.2, -0.15) is 0 Å². The van der Waals surface area contributed by atoms with Crippen LogP contribution in [0.3, 0.4) is 0 Å². The molecule has 4 heteroatoms. The summed E-state index contributed by atoms with van der Waals surface area (Å²) < 4.78 is 4.84. The molecule has 0 radical (unpaired) electrons. The third-order valence-electron chi connectivity index (χ3n) is 10.8. The third kappa shape index (κ3) is 5.42. The number of benzene rings is 8. The Morgan fingerprint density at radius 2 is 1.04 bits per heavy atom. The minimum absolute atomic E-state index is 0.0695. The van der Waals surface area contributed by atoms with E-state index < -0.39 is 0 Å². The van der Waals surface area contributed by atoms with Gasteiger partial charge in [0.2, 0.25) is 0 Å². The van der Waals surface area contributed by atoms with Gasteiger partial charge < -0.3 is 9.13 Å². The van der Waals surface area contributed by atoms with E-state index in [-0.39, 0.29) is 5.91 Å². The van der Waals surface area contributed by atoms with Crippen molar-refractivity contribution in [1.29, 1.82) is 0 Å². The van der Waals surface area contributed by atoms with Gasteiger partial charge in [-0.3, -0.25) is 9.69 Å². The predicted octanol–water partition coefficient (Wildman–Crippen LogP) is 13.1. The van der Waals surface area contributed by atoms with E-state index in [0.717, 1.165) is 45.0 Å². The summed E-state index contributed by atoms with van der Waals surface area (Å²) in [5, 5.41) is 4.88. The molecule has 8 aromatic carbocycles. The molecule has 0 fully saturated rings. The van der Waals surface area contributed by atoms with Crippen LogP contribution >= 0.6 is 0 Å². The van der Waals surface area contributed by atoms with Crippen molar-refractivity contribution < 1.29 is 4.79 Å². The van der Waals surface area contributed by atoms with Gasteiger partial charge in [-0.25, -0.2) is 0 Å². The highest BCUT2D eigenvalue weighted by atomic mass is 16.2. The quantitative estimate of drug-likeness (QED) is 0.169. The maximum atomic E-state index is 14.2.